The van der Waals surface area contributed by atoms with Crippen LogP contribution in [0.4, 0.5) is 0 Å². The molecule has 0 atom stereocenters. The molecule has 2 aromatic carbocycles. The number of carbonyl (C=O) groups excluding carboxylic acids is 2. The van der Waals surface area contributed by atoms with Gasteiger partial charge in [0.2, 0.25) is 0 Å². The van der Waals surface area contributed by atoms with Gasteiger partial charge in [-0.15, -0.1) is 0 Å². The van der Waals surface area contributed by atoms with Gasteiger partial charge in [-0.1, -0.05) is 26.2 Å². The average Bonchev–Trinajstić information content (AvgIpc) is 2.70. The fraction of sp³-hybridized carbons (Fsp3) is 0.364. The summed E-state index contributed by atoms with van der Waals surface area (Å²) in [6, 6.07) is 9.75. The van der Waals surface area contributed by atoms with Crippen LogP contribution in [0.25, 0.3) is 0 Å². The third kappa shape index (κ3) is 7.16. The molecule has 0 saturated carbocycles. The molecule has 0 radical (unpaired) electrons. The van der Waals surface area contributed by atoms with Gasteiger partial charge >= 0.3 is 11.9 Å². The van der Waals surface area contributed by atoms with E-state index in [0.717, 1.165) is 12.8 Å². The molecule has 0 aliphatic heterocycles. The van der Waals surface area contributed by atoms with Crippen LogP contribution >= 0.6 is 31.9 Å². The lowest BCUT2D eigenvalue weighted by Gasteiger charge is -2.11. The maximum absolute atomic E-state index is 12.5. The maximum Gasteiger partial charge on any atom is 0.343 e. The zero-order chi connectivity index (χ0) is 21.2. The number of hydrogen-bond acceptors (Lipinski definition) is 5. The van der Waals surface area contributed by atoms with Gasteiger partial charge in [0.1, 0.15) is 11.5 Å². The number of halogens is 2. The molecule has 0 aliphatic carbocycles. The number of benzene rings is 2. The standard InChI is InChI=1S/C22H24Br2O5/c1-3-5-6-7-12-28-19-10-8-16(14-17(19)23)22(26)29-20-11-9-15(13-18(20)24)21(25)27-4-2/h8-11,13-14H,3-7,12H2,1-2H3. The highest BCUT2D eigenvalue weighted by Gasteiger charge is 2.15. The van der Waals surface area contributed by atoms with E-state index in [4.69, 9.17) is 14.2 Å². The number of unbranched alkanes of at least 4 members (excludes halogenated alkanes) is 3. The fourth-order valence-electron chi connectivity index (χ4n) is 2.54. The van der Waals surface area contributed by atoms with E-state index < -0.39 is 11.9 Å². The van der Waals surface area contributed by atoms with Crippen molar-refractivity contribution >= 4 is 43.8 Å². The molecule has 5 nitrogen and oxygen atoms in total. The summed E-state index contributed by atoms with van der Waals surface area (Å²) in [6.45, 7) is 4.84. The van der Waals surface area contributed by atoms with E-state index in [0.29, 0.717) is 44.8 Å². The van der Waals surface area contributed by atoms with Gasteiger partial charge in [0.15, 0.2) is 0 Å². The van der Waals surface area contributed by atoms with Crippen molar-refractivity contribution in [1.29, 1.82) is 0 Å². The summed E-state index contributed by atoms with van der Waals surface area (Å²) in [6.07, 6.45) is 4.52. The minimum atomic E-state index is -0.509. The Kier molecular flexibility index (Phi) is 9.67. The molecule has 0 spiro atoms. The highest BCUT2D eigenvalue weighted by atomic mass is 79.9. The van der Waals surface area contributed by atoms with E-state index >= 15 is 0 Å². The lowest BCUT2D eigenvalue weighted by Crippen LogP contribution is -2.10. The van der Waals surface area contributed by atoms with Gasteiger partial charge in [-0.3, -0.25) is 0 Å². The summed E-state index contributed by atoms with van der Waals surface area (Å²) in [5, 5.41) is 0. The van der Waals surface area contributed by atoms with E-state index in [9.17, 15) is 9.59 Å². The summed E-state index contributed by atoms with van der Waals surface area (Å²) in [5.41, 5.74) is 0.762. The average molecular weight is 528 g/mol. The topological polar surface area (TPSA) is 61.8 Å². The number of rotatable bonds is 10. The first kappa shape index (κ1) is 23.4. The monoisotopic (exact) mass is 526 g/mol. The van der Waals surface area contributed by atoms with Crippen molar-refractivity contribution in [3.05, 3.63) is 56.5 Å². The van der Waals surface area contributed by atoms with Crippen LogP contribution in [0.1, 0.15) is 60.2 Å². The summed E-state index contributed by atoms with van der Waals surface area (Å²) >= 11 is 6.77. The Bertz CT molecular complexity index is 851. The lowest BCUT2D eigenvalue weighted by atomic mass is 10.2. The second-order valence-electron chi connectivity index (χ2n) is 6.31. The van der Waals surface area contributed by atoms with Crippen molar-refractivity contribution in [3.8, 4) is 11.5 Å². The van der Waals surface area contributed by atoms with Gasteiger partial charge in [0.25, 0.3) is 0 Å². The Hall–Kier alpha value is -1.86. The number of carbonyl (C=O) groups is 2. The van der Waals surface area contributed by atoms with Gasteiger partial charge in [0, 0.05) is 0 Å². The number of hydrogen-bond donors (Lipinski definition) is 0. The normalized spacial score (nSPS) is 10.5. The second-order valence-corrected chi connectivity index (χ2v) is 8.02. The highest BCUT2D eigenvalue weighted by Crippen LogP contribution is 2.29. The van der Waals surface area contributed by atoms with E-state index in [1.54, 1.807) is 43.3 Å². The number of ether oxygens (including phenoxy) is 3. The van der Waals surface area contributed by atoms with E-state index in [-0.39, 0.29) is 0 Å². The molecule has 2 aromatic rings. The molecule has 0 bridgehead atoms. The number of esters is 2. The molecule has 156 valence electrons. The molecular weight excluding hydrogens is 504 g/mol. The maximum atomic E-state index is 12.5. The molecule has 0 fully saturated rings. The first-order valence-corrected chi connectivity index (χ1v) is 11.2. The molecule has 0 unspecified atom stereocenters. The molecular formula is C22H24Br2O5. The molecule has 0 N–H and O–H groups in total. The zero-order valence-electron chi connectivity index (χ0n) is 16.5. The molecule has 2 rings (SSSR count). The Morgan fingerprint density at radius 1 is 0.828 bits per heavy atom. The van der Waals surface area contributed by atoms with Gasteiger partial charge < -0.3 is 14.2 Å². The van der Waals surface area contributed by atoms with Crippen LogP contribution in [0.2, 0.25) is 0 Å². The Balaban J connectivity index is 2.00. The van der Waals surface area contributed by atoms with Crippen molar-refractivity contribution in [2.75, 3.05) is 13.2 Å². The van der Waals surface area contributed by atoms with Crippen LogP contribution < -0.4 is 9.47 Å². The Morgan fingerprint density at radius 3 is 2.03 bits per heavy atom. The van der Waals surface area contributed by atoms with Crippen LogP contribution in [0.5, 0.6) is 11.5 Å². The lowest BCUT2D eigenvalue weighted by molar-refractivity contribution is 0.0526. The Labute approximate surface area is 188 Å². The quantitative estimate of drug-likeness (QED) is 0.199. The van der Waals surface area contributed by atoms with Crippen molar-refractivity contribution < 1.29 is 23.8 Å². The van der Waals surface area contributed by atoms with Gasteiger partial charge in [-0.2, -0.15) is 0 Å². The van der Waals surface area contributed by atoms with Crippen LogP contribution in [-0.2, 0) is 4.74 Å². The van der Waals surface area contributed by atoms with Gasteiger partial charge in [0.05, 0.1) is 33.3 Å². The molecule has 0 aromatic heterocycles. The summed E-state index contributed by atoms with van der Waals surface area (Å²) < 4.78 is 17.3. The first-order chi connectivity index (χ1) is 14.0. The van der Waals surface area contributed by atoms with Crippen LogP contribution in [0.3, 0.4) is 0 Å². The third-order valence-electron chi connectivity index (χ3n) is 4.07. The van der Waals surface area contributed by atoms with Crippen molar-refractivity contribution in [2.45, 2.75) is 39.5 Å². The molecule has 0 amide bonds. The van der Waals surface area contributed by atoms with Crippen LogP contribution in [0.15, 0.2) is 45.3 Å². The van der Waals surface area contributed by atoms with Crippen LogP contribution in [0, 0.1) is 0 Å². The molecule has 7 heteroatoms. The molecule has 0 heterocycles. The molecule has 29 heavy (non-hydrogen) atoms. The molecule has 0 saturated heterocycles. The Morgan fingerprint density at radius 2 is 1.45 bits per heavy atom. The highest BCUT2D eigenvalue weighted by molar-refractivity contribution is 9.10. The predicted molar refractivity (Wildman–Crippen MR) is 119 cm³/mol. The summed E-state index contributed by atoms with van der Waals surface area (Å²) in [5.74, 6) is 0.0681. The minimum Gasteiger partial charge on any atom is -0.492 e. The van der Waals surface area contributed by atoms with Crippen LogP contribution in [-0.4, -0.2) is 25.2 Å². The predicted octanol–water partition coefficient (Wildman–Crippen LogP) is 6.57. The van der Waals surface area contributed by atoms with Gasteiger partial charge in [-0.25, -0.2) is 9.59 Å². The summed E-state index contributed by atoms with van der Waals surface area (Å²) in [7, 11) is 0. The van der Waals surface area contributed by atoms with E-state index in [2.05, 4.69) is 38.8 Å². The second kappa shape index (κ2) is 12.0. The SMILES string of the molecule is CCCCCCOc1ccc(C(=O)Oc2ccc(C(=O)OCC)cc2Br)cc1Br. The van der Waals surface area contributed by atoms with Gasteiger partial charge in [-0.05, 0) is 81.6 Å². The minimum absolute atomic E-state index is 0.292. The van der Waals surface area contributed by atoms with Crippen molar-refractivity contribution in [2.24, 2.45) is 0 Å². The van der Waals surface area contributed by atoms with Crippen molar-refractivity contribution in [3.63, 3.8) is 0 Å². The zero-order valence-corrected chi connectivity index (χ0v) is 19.7. The smallest absolute Gasteiger partial charge is 0.343 e. The largest absolute Gasteiger partial charge is 0.492 e. The summed E-state index contributed by atoms with van der Waals surface area (Å²) in [4.78, 5) is 24.3. The molecule has 0 aliphatic rings. The fourth-order valence-corrected chi connectivity index (χ4v) is 3.49. The van der Waals surface area contributed by atoms with E-state index in [1.807, 2.05) is 0 Å². The van der Waals surface area contributed by atoms with Crippen molar-refractivity contribution in [1.82, 2.24) is 0 Å². The van der Waals surface area contributed by atoms with E-state index in [1.165, 1.54) is 12.8 Å². The first-order valence-electron chi connectivity index (χ1n) is 9.57. The third-order valence-corrected chi connectivity index (χ3v) is 5.31.